The van der Waals surface area contributed by atoms with Crippen LogP contribution in [0.5, 0.6) is 0 Å². The molecule has 0 aromatic rings. The fourth-order valence-electron chi connectivity index (χ4n) is 2.32. The van der Waals surface area contributed by atoms with Crippen LogP contribution in [0.25, 0.3) is 0 Å². The second-order valence-corrected chi connectivity index (χ2v) is 5.43. The third-order valence-electron chi connectivity index (χ3n) is 3.87. The molecule has 2 N–H and O–H groups in total. The molecular weight excluding hydrogens is 216 g/mol. The average molecular weight is 244 g/mol. The van der Waals surface area contributed by atoms with Gasteiger partial charge in [-0.15, -0.1) is 0 Å². The molecule has 0 saturated heterocycles. The first-order chi connectivity index (χ1) is 8.05. The highest BCUT2D eigenvalue weighted by atomic mass is 16.5. The number of hydrogen-bond acceptors (Lipinski definition) is 4. The molecule has 1 rings (SSSR count). The molecule has 0 spiro atoms. The van der Waals surface area contributed by atoms with Crippen molar-refractivity contribution in [2.45, 2.75) is 50.8 Å². The Morgan fingerprint density at radius 2 is 2.06 bits per heavy atom. The summed E-state index contributed by atoms with van der Waals surface area (Å²) in [6.45, 7) is 6.32. The number of methoxy groups -OCH3 is 1. The van der Waals surface area contributed by atoms with Crippen molar-refractivity contribution in [1.82, 2.24) is 10.2 Å². The normalized spacial score (nSPS) is 18.7. The number of rotatable bonds is 9. The topological polar surface area (TPSA) is 44.7 Å². The predicted octanol–water partition coefficient (Wildman–Crippen LogP) is 0.846. The molecule has 0 aromatic carbocycles. The Morgan fingerprint density at radius 1 is 1.41 bits per heavy atom. The van der Waals surface area contributed by atoms with Gasteiger partial charge in [0.05, 0.1) is 12.2 Å². The molecule has 17 heavy (non-hydrogen) atoms. The number of hydrogen-bond donors (Lipinski definition) is 2. The minimum absolute atomic E-state index is 0.150. The molecule has 0 aliphatic heterocycles. The number of aliphatic hydroxyl groups is 1. The zero-order valence-corrected chi connectivity index (χ0v) is 11.7. The lowest BCUT2D eigenvalue weighted by molar-refractivity contribution is -0.0132. The molecular formula is C13H28N2O2. The van der Waals surface area contributed by atoms with Crippen LogP contribution in [-0.2, 0) is 4.74 Å². The van der Waals surface area contributed by atoms with Gasteiger partial charge < -0.3 is 15.2 Å². The molecule has 0 radical (unpaired) electrons. The highest BCUT2D eigenvalue weighted by Gasteiger charge is 2.32. The van der Waals surface area contributed by atoms with Gasteiger partial charge in [0.25, 0.3) is 0 Å². The number of nitrogens with zero attached hydrogens (tertiary/aromatic N) is 1. The van der Waals surface area contributed by atoms with Crippen molar-refractivity contribution in [2.75, 3.05) is 33.9 Å². The fraction of sp³-hybridized carbons (Fsp3) is 1.00. The van der Waals surface area contributed by atoms with E-state index in [9.17, 15) is 0 Å². The molecule has 0 amide bonds. The lowest BCUT2D eigenvalue weighted by Crippen LogP contribution is -2.48. The minimum atomic E-state index is -0.150. The molecule has 1 saturated carbocycles. The van der Waals surface area contributed by atoms with E-state index in [1.165, 1.54) is 12.8 Å². The number of likely N-dealkylation sites (N-methyl/N-ethyl adjacent to an activating group) is 1. The van der Waals surface area contributed by atoms with E-state index in [-0.39, 0.29) is 12.2 Å². The third-order valence-corrected chi connectivity index (χ3v) is 3.87. The molecule has 1 aliphatic carbocycles. The number of ether oxygens (including phenoxy) is 1. The SMILES string of the molecule is CNC(CCN(CCO)C1CC1)C(C)(C)OC. The Kier molecular flexibility index (Phi) is 5.86. The van der Waals surface area contributed by atoms with Gasteiger partial charge in [-0.1, -0.05) is 0 Å². The Balaban J connectivity index is 2.39. The van der Waals surface area contributed by atoms with Gasteiger partial charge in [-0.2, -0.15) is 0 Å². The van der Waals surface area contributed by atoms with Crippen molar-refractivity contribution in [3.8, 4) is 0 Å². The van der Waals surface area contributed by atoms with E-state index in [4.69, 9.17) is 9.84 Å². The van der Waals surface area contributed by atoms with E-state index >= 15 is 0 Å². The summed E-state index contributed by atoms with van der Waals surface area (Å²) in [4.78, 5) is 2.40. The maximum atomic E-state index is 9.06. The Labute approximate surface area is 105 Å². The molecule has 4 nitrogen and oxygen atoms in total. The molecule has 1 fully saturated rings. The lowest BCUT2D eigenvalue weighted by atomic mass is 9.95. The Hall–Kier alpha value is -0.160. The first-order valence-electron chi connectivity index (χ1n) is 6.62. The second kappa shape index (κ2) is 6.69. The molecule has 1 unspecified atom stereocenters. The predicted molar refractivity (Wildman–Crippen MR) is 70.2 cm³/mol. The van der Waals surface area contributed by atoms with E-state index in [1.54, 1.807) is 7.11 Å². The van der Waals surface area contributed by atoms with Crippen LogP contribution in [0.2, 0.25) is 0 Å². The maximum absolute atomic E-state index is 9.06. The van der Waals surface area contributed by atoms with Gasteiger partial charge >= 0.3 is 0 Å². The van der Waals surface area contributed by atoms with Crippen molar-refractivity contribution in [3.05, 3.63) is 0 Å². The zero-order chi connectivity index (χ0) is 12.9. The Morgan fingerprint density at radius 3 is 2.47 bits per heavy atom. The van der Waals surface area contributed by atoms with Gasteiger partial charge in [-0.05, 0) is 40.2 Å². The molecule has 4 heteroatoms. The first-order valence-corrected chi connectivity index (χ1v) is 6.62. The van der Waals surface area contributed by atoms with Crippen LogP contribution in [0.4, 0.5) is 0 Å². The number of aliphatic hydroxyl groups excluding tert-OH is 1. The summed E-state index contributed by atoms with van der Waals surface area (Å²) in [5, 5.41) is 12.4. The van der Waals surface area contributed by atoms with Gasteiger partial charge in [0.1, 0.15) is 0 Å². The van der Waals surface area contributed by atoms with E-state index in [0.717, 1.165) is 19.5 Å². The van der Waals surface area contributed by atoms with Crippen molar-refractivity contribution in [3.63, 3.8) is 0 Å². The average Bonchev–Trinajstić information content (AvgIpc) is 3.12. The van der Waals surface area contributed by atoms with Crippen molar-refractivity contribution in [1.29, 1.82) is 0 Å². The first kappa shape index (κ1) is 14.9. The van der Waals surface area contributed by atoms with Crippen LogP contribution >= 0.6 is 0 Å². The lowest BCUT2D eigenvalue weighted by Gasteiger charge is -2.34. The Bertz CT molecular complexity index is 217. The highest BCUT2D eigenvalue weighted by Crippen LogP contribution is 2.27. The van der Waals surface area contributed by atoms with Crippen LogP contribution in [0.1, 0.15) is 33.1 Å². The summed E-state index contributed by atoms with van der Waals surface area (Å²) in [6, 6.07) is 1.05. The summed E-state index contributed by atoms with van der Waals surface area (Å²) in [5.41, 5.74) is -0.150. The van der Waals surface area contributed by atoms with E-state index in [1.807, 2.05) is 7.05 Å². The van der Waals surface area contributed by atoms with Gasteiger partial charge in [-0.3, -0.25) is 4.90 Å². The van der Waals surface area contributed by atoms with Gasteiger partial charge in [0.15, 0.2) is 0 Å². The fourth-order valence-corrected chi connectivity index (χ4v) is 2.32. The van der Waals surface area contributed by atoms with Crippen LogP contribution < -0.4 is 5.32 Å². The zero-order valence-electron chi connectivity index (χ0n) is 11.7. The quantitative estimate of drug-likeness (QED) is 0.631. The van der Waals surface area contributed by atoms with E-state index in [0.29, 0.717) is 12.1 Å². The molecule has 0 bridgehead atoms. The van der Waals surface area contributed by atoms with Crippen LogP contribution in [-0.4, -0.2) is 61.5 Å². The highest BCUT2D eigenvalue weighted by molar-refractivity contribution is 4.88. The molecule has 1 atom stereocenters. The molecule has 1 aliphatic rings. The maximum Gasteiger partial charge on any atom is 0.0775 e. The molecule has 102 valence electrons. The van der Waals surface area contributed by atoms with Crippen LogP contribution in [0.15, 0.2) is 0 Å². The van der Waals surface area contributed by atoms with Gasteiger partial charge in [-0.25, -0.2) is 0 Å². The summed E-state index contributed by atoms with van der Waals surface area (Å²) in [6.07, 6.45) is 3.63. The van der Waals surface area contributed by atoms with E-state index in [2.05, 4.69) is 24.1 Å². The second-order valence-electron chi connectivity index (χ2n) is 5.43. The summed E-state index contributed by atoms with van der Waals surface area (Å²) < 4.78 is 5.53. The third kappa shape index (κ3) is 4.54. The summed E-state index contributed by atoms with van der Waals surface area (Å²) >= 11 is 0. The largest absolute Gasteiger partial charge is 0.395 e. The van der Waals surface area contributed by atoms with Crippen LogP contribution in [0.3, 0.4) is 0 Å². The van der Waals surface area contributed by atoms with Gasteiger partial charge in [0, 0.05) is 32.3 Å². The van der Waals surface area contributed by atoms with Crippen molar-refractivity contribution >= 4 is 0 Å². The minimum Gasteiger partial charge on any atom is -0.395 e. The van der Waals surface area contributed by atoms with Crippen molar-refractivity contribution < 1.29 is 9.84 Å². The molecule has 0 aromatic heterocycles. The molecule has 0 heterocycles. The van der Waals surface area contributed by atoms with Gasteiger partial charge in [0.2, 0.25) is 0 Å². The van der Waals surface area contributed by atoms with Crippen molar-refractivity contribution in [2.24, 2.45) is 0 Å². The summed E-state index contributed by atoms with van der Waals surface area (Å²) in [5.74, 6) is 0. The smallest absolute Gasteiger partial charge is 0.0775 e. The monoisotopic (exact) mass is 244 g/mol. The number of nitrogens with one attached hydrogen (secondary N) is 1. The summed E-state index contributed by atoms with van der Waals surface area (Å²) in [7, 11) is 3.75. The van der Waals surface area contributed by atoms with E-state index < -0.39 is 0 Å². The standard InChI is InChI=1S/C13H28N2O2/c1-13(2,17-4)12(14-3)7-8-15(9-10-16)11-5-6-11/h11-12,14,16H,5-10H2,1-4H3. The van der Waals surface area contributed by atoms with Crippen LogP contribution in [0, 0.1) is 0 Å².